The lowest BCUT2D eigenvalue weighted by atomic mass is 9.90. The molecule has 4 heteroatoms. The normalized spacial score (nSPS) is 16.3. The molecule has 1 aromatic carbocycles. The van der Waals surface area contributed by atoms with Crippen molar-refractivity contribution in [1.29, 1.82) is 0 Å². The summed E-state index contributed by atoms with van der Waals surface area (Å²) in [6.45, 7) is 5.33. The number of aliphatic hydroxyl groups excluding tert-OH is 1. The summed E-state index contributed by atoms with van der Waals surface area (Å²) in [6, 6.07) is 8.69. The molecule has 0 amide bonds. The molecule has 0 bridgehead atoms. The Balaban J connectivity index is 2.99. The molecule has 0 aliphatic heterocycles. The molecule has 4 nitrogen and oxygen atoms in total. The molecule has 1 rings (SSSR count). The van der Waals surface area contributed by atoms with E-state index in [0.717, 1.165) is 5.56 Å². The summed E-state index contributed by atoms with van der Waals surface area (Å²) in [4.78, 5) is 11.2. The minimum absolute atomic E-state index is 0.0583. The van der Waals surface area contributed by atoms with Crippen LogP contribution in [0, 0.1) is 5.92 Å². The van der Waals surface area contributed by atoms with Crippen molar-refractivity contribution in [2.24, 2.45) is 5.92 Å². The average Bonchev–Trinajstić information content (AvgIpc) is 2.36. The van der Waals surface area contributed by atoms with Gasteiger partial charge in [-0.1, -0.05) is 44.2 Å². The number of hydrogen-bond donors (Lipinski definition) is 3. The molecule has 0 aromatic heterocycles. The summed E-state index contributed by atoms with van der Waals surface area (Å²) >= 11 is 0. The summed E-state index contributed by atoms with van der Waals surface area (Å²) in [7, 11) is 0. The molecule has 0 spiro atoms. The Hall–Kier alpha value is -1.39. The van der Waals surface area contributed by atoms with Crippen LogP contribution >= 0.6 is 0 Å². The first kappa shape index (κ1) is 14.7. The van der Waals surface area contributed by atoms with E-state index in [1.54, 1.807) is 6.92 Å². The predicted molar refractivity (Wildman–Crippen MR) is 70.3 cm³/mol. The maximum Gasteiger partial charge on any atom is 0.320 e. The number of rotatable bonds is 6. The van der Waals surface area contributed by atoms with E-state index in [-0.39, 0.29) is 12.5 Å². The Morgan fingerprint density at radius 1 is 1.33 bits per heavy atom. The number of carboxylic acid groups (broad SMARTS) is 1. The first-order chi connectivity index (χ1) is 8.40. The molecule has 0 heterocycles. The van der Waals surface area contributed by atoms with Crippen molar-refractivity contribution in [3.63, 3.8) is 0 Å². The van der Waals surface area contributed by atoms with Crippen molar-refractivity contribution >= 4 is 5.97 Å². The minimum atomic E-state index is -0.902. The number of carbonyl (C=O) groups is 1. The number of aliphatic hydroxyl groups is 1. The second kappa shape index (κ2) is 5.98. The topological polar surface area (TPSA) is 69.6 Å². The number of hydrogen-bond acceptors (Lipinski definition) is 3. The summed E-state index contributed by atoms with van der Waals surface area (Å²) in [6.07, 6.45) is 0. The maximum atomic E-state index is 11.2. The Labute approximate surface area is 108 Å². The number of nitrogens with one attached hydrogen (secondary N) is 1. The van der Waals surface area contributed by atoms with E-state index in [1.807, 2.05) is 44.2 Å². The van der Waals surface area contributed by atoms with Crippen LogP contribution < -0.4 is 5.32 Å². The van der Waals surface area contributed by atoms with E-state index in [2.05, 4.69) is 5.32 Å². The van der Waals surface area contributed by atoms with Crippen molar-refractivity contribution in [3.05, 3.63) is 35.9 Å². The molecular formula is C14H21NO3. The summed E-state index contributed by atoms with van der Waals surface area (Å²) in [5, 5.41) is 21.8. The molecule has 0 radical (unpaired) electrons. The fraction of sp³-hybridized carbons (Fsp3) is 0.500. The van der Waals surface area contributed by atoms with E-state index >= 15 is 0 Å². The van der Waals surface area contributed by atoms with Gasteiger partial charge >= 0.3 is 5.97 Å². The highest BCUT2D eigenvalue weighted by atomic mass is 16.4. The van der Waals surface area contributed by atoms with Crippen LogP contribution in [0.15, 0.2) is 30.3 Å². The van der Waals surface area contributed by atoms with E-state index in [9.17, 15) is 15.0 Å². The Morgan fingerprint density at radius 2 is 1.89 bits per heavy atom. The van der Waals surface area contributed by atoms with Gasteiger partial charge in [0, 0.05) is 0 Å². The van der Waals surface area contributed by atoms with Gasteiger partial charge < -0.3 is 10.2 Å². The summed E-state index contributed by atoms with van der Waals surface area (Å²) < 4.78 is 0. The van der Waals surface area contributed by atoms with Crippen molar-refractivity contribution in [2.75, 3.05) is 6.61 Å². The largest absolute Gasteiger partial charge is 0.480 e. The fourth-order valence-electron chi connectivity index (χ4n) is 1.88. The lowest BCUT2D eigenvalue weighted by Crippen LogP contribution is -2.53. The van der Waals surface area contributed by atoms with Gasteiger partial charge in [0.1, 0.15) is 6.04 Å². The molecule has 100 valence electrons. The lowest BCUT2D eigenvalue weighted by Gasteiger charge is -2.34. The minimum Gasteiger partial charge on any atom is -0.480 e. The van der Waals surface area contributed by atoms with Crippen molar-refractivity contribution in [3.8, 4) is 0 Å². The SMILES string of the molecule is CC(C)C(NC(C)(CO)c1ccccc1)C(=O)O. The van der Waals surface area contributed by atoms with Gasteiger partial charge in [0.25, 0.3) is 0 Å². The quantitative estimate of drug-likeness (QED) is 0.718. The molecule has 3 N–H and O–H groups in total. The highest BCUT2D eigenvalue weighted by Crippen LogP contribution is 2.22. The predicted octanol–water partition coefficient (Wildman–Crippen LogP) is 1.59. The van der Waals surface area contributed by atoms with Crippen LogP contribution in [-0.4, -0.2) is 28.8 Å². The van der Waals surface area contributed by atoms with Gasteiger partial charge in [0.15, 0.2) is 0 Å². The van der Waals surface area contributed by atoms with Crippen LogP contribution in [0.2, 0.25) is 0 Å². The molecule has 0 aliphatic carbocycles. The fourth-order valence-corrected chi connectivity index (χ4v) is 1.88. The lowest BCUT2D eigenvalue weighted by molar-refractivity contribution is -0.141. The van der Waals surface area contributed by atoms with Crippen molar-refractivity contribution in [2.45, 2.75) is 32.4 Å². The molecule has 1 aromatic rings. The van der Waals surface area contributed by atoms with Gasteiger partial charge in [-0.05, 0) is 18.4 Å². The van der Waals surface area contributed by atoms with Crippen LogP contribution in [0.3, 0.4) is 0 Å². The standard InChI is InChI=1S/C14H21NO3/c1-10(2)12(13(17)18)15-14(3,9-16)11-7-5-4-6-8-11/h4-8,10,12,15-16H,9H2,1-3H3,(H,17,18). The number of aliphatic carboxylic acids is 1. The third kappa shape index (κ3) is 3.31. The van der Waals surface area contributed by atoms with Gasteiger partial charge in [0.05, 0.1) is 12.1 Å². The van der Waals surface area contributed by atoms with E-state index in [0.29, 0.717) is 0 Å². The second-order valence-electron chi connectivity index (χ2n) is 5.06. The molecule has 2 unspecified atom stereocenters. The highest BCUT2D eigenvalue weighted by molar-refractivity contribution is 5.74. The van der Waals surface area contributed by atoms with Crippen LogP contribution in [0.5, 0.6) is 0 Å². The van der Waals surface area contributed by atoms with Crippen molar-refractivity contribution in [1.82, 2.24) is 5.32 Å². The van der Waals surface area contributed by atoms with E-state index in [4.69, 9.17) is 0 Å². The van der Waals surface area contributed by atoms with Gasteiger partial charge in [-0.15, -0.1) is 0 Å². The maximum absolute atomic E-state index is 11.2. The zero-order chi connectivity index (χ0) is 13.8. The van der Waals surface area contributed by atoms with Gasteiger partial charge in [-0.25, -0.2) is 0 Å². The third-order valence-corrected chi connectivity index (χ3v) is 3.13. The van der Waals surface area contributed by atoms with E-state index < -0.39 is 17.6 Å². The Morgan fingerprint density at radius 3 is 2.28 bits per heavy atom. The molecule has 18 heavy (non-hydrogen) atoms. The van der Waals surface area contributed by atoms with Gasteiger partial charge in [0.2, 0.25) is 0 Å². The van der Waals surface area contributed by atoms with Crippen LogP contribution in [0.25, 0.3) is 0 Å². The smallest absolute Gasteiger partial charge is 0.320 e. The zero-order valence-electron chi connectivity index (χ0n) is 11.1. The Bertz CT molecular complexity index is 391. The second-order valence-corrected chi connectivity index (χ2v) is 5.06. The van der Waals surface area contributed by atoms with Gasteiger partial charge in [-0.2, -0.15) is 0 Å². The molecule has 0 saturated heterocycles. The first-order valence-electron chi connectivity index (χ1n) is 6.07. The van der Waals surface area contributed by atoms with E-state index in [1.165, 1.54) is 0 Å². The highest BCUT2D eigenvalue weighted by Gasteiger charge is 2.33. The monoisotopic (exact) mass is 251 g/mol. The molecule has 0 fully saturated rings. The van der Waals surface area contributed by atoms with Crippen LogP contribution in [-0.2, 0) is 10.3 Å². The zero-order valence-corrected chi connectivity index (χ0v) is 11.1. The van der Waals surface area contributed by atoms with Gasteiger partial charge in [-0.3, -0.25) is 10.1 Å². The first-order valence-corrected chi connectivity index (χ1v) is 6.07. The van der Waals surface area contributed by atoms with Crippen molar-refractivity contribution < 1.29 is 15.0 Å². The van der Waals surface area contributed by atoms with Crippen LogP contribution in [0.4, 0.5) is 0 Å². The van der Waals surface area contributed by atoms with Crippen LogP contribution in [0.1, 0.15) is 26.3 Å². The molecule has 0 saturated carbocycles. The molecule has 2 atom stereocenters. The Kier molecular flexibility index (Phi) is 4.87. The molecular weight excluding hydrogens is 230 g/mol. The number of benzene rings is 1. The third-order valence-electron chi connectivity index (χ3n) is 3.13. The number of carboxylic acids is 1. The average molecular weight is 251 g/mol. The summed E-state index contributed by atoms with van der Waals surface area (Å²) in [5.74, 6) is -0.960. The summed E-state index contributed by atoms with van der Waals surface area (Å²) in [5.41, 5.74) is 0.119. The molecule has 0 aliphatic rings.